The van der Waals surface area contributed by atoms with Gasteiger partial charge in [0.1, 0.15) is 18.1 Å². The second-order valence-corrected chi connectivity index (χ2v) is 8.71. The molecule has 10 heteroatoms. The van der Waals surface area contributed by atoms with E-state index < -0.39 is 18.0 Å². The van der Waals surface area contributed by atoms with E-state index in [4.69, 9.17) is 23.7 Å². The molecule has 0 aliphatic heterocycles. The quantitative estimate of drug-likeness (QED) is 0.209. The van der Waals surface area contributed by atoms with Gasteiger partial charge in [-0.2, -0.15) is 5.10 Å². The van der Waals surface area contributed by atoms with Crippen LogP contribution in [0.15, 0.2) is 76.2 Å². The Kier molecular flexibility index (Phi) is 8.35. The van der Waals surface area contributed by atoms with Gasteiger partial charge in [0.2, 0.25) is 0 Å². The second kappa shape index (κ2) is 12.0. The number of carboxylic acid groups (broad SMARTS) is 1. The van der Waals surface area contributed by atoms with Crippen molar-refractivity contribution in [3.63, 3.8) is 0 Å². The first kappa shape index (κ1) is 27.1. The van der Waals surface area contributed by atoms with E-state index in [9.17, 15) is 9.59 Å². The van der Waals surface area contributed by atoms with Crippen LogP contribution in [0.1, 0.15) is 40.2 Å². The molecule has 39 heavy (non-hydrogen) atoms. The summed E-state index contributed by atoms with van der Waals surface area (Å²) in [7, 11) is 1.44. The van der Waals surface area contributed by atoms with Crippen LogP contribution in [0.25, 0.3) is 5.69 Å². The van der Waals surface area contributed by atoms with Crippen molar-refractivity contribution in [1.82, 2.24) is 9.99 Å². The summed E-state index contributed by atoms with van der Waals surface area (Å²) in [5.74, 6) is 0.244. The lowest BCUT2D eigenvalue weighted by molar-refractivity contribution is -0.144. The number of ether oxygens (including phenoxy) is 3. The van der Waals surface area contributed by atoms with E-state index in [1.807, 2.05) is 24.3 Å². The molecule has 0 saturated heterocycles. The molecule has 0 fully saturated rings. The predicted octanol–water partition coefficient (Wildman–Crippen LogP) is 4.89. The SMILES string of the molecule is COc1cc(/C=N/NC(=O)c2ccc(COc3ccc(-n4c(C)ccc4C)cc3)o2)ccc1O[C@@H](C)C(=O)O. The van der Waals surface area contributed by atoms with Crippen molar-refractivity contribution in [3.05, 3.63) is 95.2 Å². The minimum atomic E-state index is -1.09. The molecule has 2 aromatic heterocycles. The highest BCUT2D eigenvalue weighted by Gasteiger charge is 2.16. The van der Waals surface area contributed by atoms with Crippen LogP contribution in [0.2, 0.25) is 0 Å². The van der Waals surface area contributed by atoms with Crippen molar-refractivity contribution in [2.45, 2.75) is 33.5 Å². The van der Waals surface area contributed by atoms with Crippen molar-refractivity contribution < 1.29 is 33.3 Å². The van der Waals surface area contributed by atoms with Gasteiger partial charge in [-0.3, -0.25) is 4.79 Å². The molecule has 202 valence electrons. The Hall–Kier alpha value is -4.99. The fraction of sp³-hybridized carbons (Fsp3) is 0.207. The molecular weight excluding hydrogens is 502 g/mol. The maximum atomic E-state index is 12.4. The number of aliphatic carboxylic acids is 1. The Morgan fingerprint density at radius 3 is 2.41 bits per heavy atom. The van der Waals surface area contributed by atoms with Crippen molar-refractivity contribution in [3.8, 4) is 22.9 Å². The lowest BCUT2D eigenvalue weighted by atomic mass is 10.2. The molecule has 1 amide bonds. The van der Waals surface area contributed by atoms with E-state index in [0.717, 1.165) is 17.1 Å². The summed E-state index contributed by atoms with van der Waals surface area (Å²) >= 11 is 0. The van der Waals surface area contributed by atoms with Gasteiger partial charge in [-0.25, -0.2) is 10.2 Å². The van der Waals surface area contributed by atoms with Gasteiger partial charge in [0.05, 0.1) is 13.3 Å². The number of benzene rings is 2. The molecule has 2 aromatic carbocycles. The first-order chi connectivity index (χ1) is 18.7. The van der Waals surface area contributed by atoms with Crippen LogP contribution >= 0.6 is 0 Å². The van der Waals surface area contributed by atoms with E-state index in [1.54, 1.807) is 30.3 Å². The van der Waals surface area contributed by atoms with Crippen LogP contribution in [-0.2, 0) is 11.4 Å². The van der Waals surface area contributed by atoms with Gasteiger partial charge >= 0.3 is 11.9 Å². The Balaban J connectivity index is 1.30. The number of carbonyl (C=O) groups is 2. The number of hydrogen-bond acceptors (Lipinski definition) is 7. The van der Waals surface area contributed by atoms with Crippen LogP contribution in [0, 0.1) is 13.8 Å². The van der Waals surface area contributed by atoms with Gasteiger partial charge in [-0.15, -0.1) is 0 Å². The first-order valence-corrected chi connectivity index (χ1v) is 12.1. The lowest BCUT2D eigenvalue weighted by Crippen LogP contribution is -2.23. The van der Waals surface area contributed by atoms with Crippen LogP contribution in [0.4, 0.5) is 0 Å². The fourth-order valence-electron chi connectivity index (χ4n) is 3.82. The van der Waals surface area contributed by atoms with E-state index in [1.165, 1.54) is 20.2 Å². The average Bonchev–Trinajstić information content (AvgIpc) is 3.54. The van der Waals surface area contributed by atoms with Gasteiger partial charge in [0, 0.05) is 17.1 Å². The zero-order valence-electron chi connectivity index (χ0n) is 22.0. The topological polar surface area (TPSA) is 125 Å². The molecule has 0 bridgehead atoms. The van der Waals surface area contributed by atoms with Crippen LogP contribution < -0.4 is 19.6 Å². The Labute approximate surface area is 225 Å². The van der Waals surface area contributed by atoms with Gasteiger partial charge in [0.25, 0.3) is 0 Å². The molecule has 0 aliphatic rings. The molecule has 2 N–H and O–H groups in total. The molecule has 0 unspecified atom stereocenters. The minimum absolute atomic E-state index is 0.0867. The Bertz CT molecular complexity index is 1470. The molecule has 0 saturated carbocycles. The monoisotopic (exact) mass is 531 g/mol. The van der Waals surface area contributed by atoms with Gasteiger partial charge in [-0.05, 0) is 93.1 Å². The van der Waals surface area contributed by atoms with Crippen LogP contribution in [0.3, 0.4) is 0 Å². The first-order valence-electron chi connectivity index (χ1n) is 12.1. The molecule has 4 rings (SSSR count). The van der Waals surface area contributed by atoms with Crippen molar-refractivity contribution >= 4 is 18.1 Å². The summed E-state index contributed by atoms with van der Waals surface area (Å²) in [6, 6.07) is 19.9. The smallest absolute Gasteiger partial charge is 0.344 e. The summed E-state index contributed by atoms with van der Waals surface area (Å²) in [6.45, 7) is 5.70. The number of nitrogens with one attached hydrogen (secondary N) is 1. The normalized spacial score (nSPS) is 11.8. The zero-order chi connectivity index (χ0) is 27.9. The van der Waals surface area contributed by atoms with Crippen molar-refractivity contribution in [2.24, 2.45) is 5.10 Å². The molecule has 1 atom stereocenters. The summed E-state index contributed by atoms with van der Waals surface area (Å²) < 4.78 is 24.2. The van der Waals surface area contributed by atoms with E-state index in [-0.39, 0.29) is 18.1 Å². The number of carbonyl (C=O) groups excluding carboxylic acids is 1. The Morgan fingerprint density at radius 1 is 1.03 bits per heavy atom. The number of aromatic nitrogens is 1. The number of aryl methyl sites for hydroxylation is 2. The standard InChI is InChI=1S/C29H29N3O7/c1-18-5-6-19(2)32(18)22-8-10-23(11-9-22)37-17-24-12-14-26(39-24)28(33)31-30-16-21-7-13-25(27(15-21)36-4)38-20(3)29(34)35/h5-16,20H,17H2,1-4H3,(H,31,33)(H,34,35)/b30-16+/t20-/m0/s1. The third-order valence-electron chi connectivity index (χ3n) is 5.85. The number of furan rings is 1. The highest BCUT2D eigenvalue weighted by atomic mass is 16.5. The average molecular weight is 532 g/mol. The summed E-state index contributed by atoms with van der Waals surface area (Å²) in [4.78, 5) is 23.4. The van der Waals surface area contributed by atoms with Gasteiger partial charge in [0.15, 0.2) is 23.4 Å². The van der Waals surface area contributed by atoms with Crippen LogP contribution in [0.5, 0.6) is 17.2 Å². The highest BCUT2D eigenvalue weighted by molar-refractivity contribution is 5.92. The zero-order valence-corrected chi connectivity index (χ0v) is 22.0. The summed E-state index contributed by atoms with van der Waals surface area (Å²) in [5, 5.41) is 13.0. The number of nitrogens with zero attached hydrogens (tertiary/aromatic N) is 2. The third-order valence-corrected chi connectivity index (χ3v) is 5.85. The number of methoxy groups -OCH3 is 1. The molecule has 4 aromatic rings. The maximum absolute atomic E-state index is 12.4. The number of amides is 1. The summed E-state index contributed by atoms with van der Waals surface area (Å²) in [5.41, 5.74) is 6.37. The molecule has 0 aliphatic carbocycles. The second-order valence-electron chi connectivity index (χ2n) is 8.71. The molecule has 2 heterocycles. The van der Waals surface area contributed by atoms with Crippen molar-refractivity contribution in [2.75, 3.05) is 7.11 Å². The van der Waals surface area contributed by atoms with Crippen molar-refractivity contribution in [1.29, 1.82) is 0 Å². The number of hydrogen-bond donors (Lipinski definition) is 2. The third kappa shape index (κ3) is 6.67. The fourth-order valence-corrected chi connectivity index (χ4v) is 3.82. The van der Waals surface area contributed by atoms with E-state index in [0.29, 0.717) is 22.8 Å². The Morgan fingerprint density at radius 2 is 1.74 bits per heavy atom. The number of hydrazone groups is 1. The maximum Gasteiger partial charge on any atom is 0.344 e. The minimum Gasteiger partial charge on any atom is -0.493 e. The number of rotatable bonds is 11. The number of carboxylic acids is 1. The lowest BCUT2D eigenvalue weighted by Gasteiger charge is -2.13. The largest absolute Gasteiger partial charge is 0.493 e. The molecule has 10 nitrogen and oxygen atoms in total. The highest BCUT2D eigenvalue weighted by Crippen LogP contribution is 2.28. The van der Waals surface area contributed by atoms with Crippen LogP contribution in [-0.4, -0.2) is 41.0 Å². The van der Waals surface area contributed by atoms with Gasteiger partial charge < -0.3 is 28.3 Å². The van der Waals surface area contributed by atoms with E-state index >= 15 is 0 Å². The van der Waals surface area contributed by atoms with E-state index in [2.05, 4.69) is 41.1 Å². The molecular formula is C29H29N3O7. The molecule has 0 radical (unpaired) electrons. The predicted molar refractivity (Wildman–Crippen MR) is 144 cm³/mol. The molecule has 0 spiro atoms. The van der Waals surface area contributed by atoms with Gasteiger partial charge in [-0.1, -0.05) is 0 Å². The summed E-state index contributed by atoms with van der Waals surface area (Å²) in [6.07, 6.45) is 0.378.